The number of para-hydroxylation sites is 2. The van der Waals surface area contributed by atoms with Crippen LogP contribution in [0.25, 0.3) is 0 Å². The molecule has 1 N–H and O–H groups in total. The van der Waals surface area contributed by atoms with E-state index in [-0.39, 0.29) is 24.4 Å². The van der Waals surface area contributed by atoms with E-state index in [9.17, 15) is 9.59 Å². The third kappa shape index (κ3) is 5.30. The highest BCUT2D eigenvalue weighted by atomic mass is 16.5. The molecular formula is C28H29N3O4. The van der Waals surface area contributed by atoms with Gasteiger partial charge in [-0.25, -0.2) is 0 Å². The van der Waals surface area contributed by atoms with Crippen molar-refractivity contribution in [2.75, 3.05) is 44.3 Å². The van der Waals surface area contributed by atoms with Gasteiger partial charge in [0.05, 0.1) is 38.0 Å². The number of carbonyl (C=O) groups is 2. The number of morpholine rings is 1. The van der Waals surface area contributed by atoms with Crippen molar-refractivity contribution in [2.45, 2.75) is 12.1 Å². The van der Waals surface area contributed by atoms with Gasteiger partial charge in [0.2, 0.25) is 5.91 Å². The van der Waals surface area contributed by atoms with E-state index in [2.05, 4.69) is 5.32 Å². The van der Waals surface area contributed by atoms with Crippen molar-refractivity contribution in [2.24, 2.45) is 0 Å². The van der Waals surface area contributed by atoms with E-state index in [0.717, 1.165) is 16.8 Å². The maximum atomic E-state index is 13.4. The molecule has 2 aliphatic rings. The highest BCUT2D eigenvalue weighted by Gasteiger charge is 2.35. The summed E-state index contributed by atoms with van der Waals surface area (Å²) in [4.78, 5) is 30.2. The summed E-state index contributed by atoms with van der Waals surface area (Å²) in [6, 6.07) is 27.1. The van der Waals surface area contributed by atoms with Gasteiger partial charge in [-0.15, -0.1) is 0 Å². The minimum absolute atomic E-state index is 0.0698. The summed E-state index contributed by atoms with van der Waals surface area (Å²) >= 11 is 0. The maximum absolute atomic E-state index is 13.4. The molecule has 35 heavy (non-hydrogen) atoms. The first-order chi connectivity index (χ1) is 17.2. The van der Waals surface area contributed by atoms with Crippen molar-refractivity contribution < 1.29 is 19.1 Å². The van der Waals surface area contributed by atoms with E-state index in [1.165, 1.54) is 0 Å². The molecule has 0 bridgehead atoms. The molecule has 2 amide bonds. The fourth-order valence-corrected chi connectivity index (χ4v) is 4.60. The van der Waals surface area contributed by atoms with Gasteiger partial charge < -0.3 is 24.6 Å². The van der Waals surface area contributed by atoms with Crippen molar-refractivity contribution >= 4 is 17.5 Å². The van der Waals surface area contributed by atoms with Gasteiger partial charge in [0, 0.05) is 13.1 Å². The maximum Gasteiger partial charge on any atom is 0.265 e. The highest BCUT2D eigenvalue weighted by Crippen LogP contribution is 2.33. The smallest absolute Gasteiger partial charge is 0.265 e. The van der Waals surface area contributed by atoms with Crippen LogP contribution in [0.1, 0.15) is 17.2 Å². The molecule has 0 spiro atoms. The average Bonchev–Trinajstić information content (AvgIpc) is 2.92. The van der Waals surface area contributed by atoms with E-state index >= 15 is 0 Å². The lowest BCUT2D eigenvalue weighted by atomic mass is 9.98. The van der Waals surface area contributed by atoms with Gasteiger partial charge in [0.1, 0.15) is 5.75 Å². The van der Waals surface area contributed by atoms with E-state index in [1.54, 1.807) is 4.90 Å². The van der Waals surface area contributed by atoms with E-state index in [4.69, 9.17) is 9.47 Å². The van der Waals surface area contributed by atoms with Crippen molar-refractivity contribution in [3.05, 3.63) is 96.1 Å². The second-order valence-electron chi connectivity index (χ2n) is 8.71. The van der Waals surface area contributed by atoms with Gasteiger partial charge in [-0.05, 0) is 23.3 Å². The zero-order valence-electron chi connectivity index (χ0n) is 19.5. The van der Waals surface area contributed by atoms with Crippen molar-refractivity contribution in [3.63, 3.8) is 0 Å². The van der Waals surface area contributed by atoms with E-state index in [1.807, 2.05) is 89.8 Å². The summed E-state index contributed by atoms with van der Waals surface area (Å²) in [6.45, 7) is 2.59. The van der Waals surface area contributed by atoms with Crippen molar-refractivity contribution in [1.82, 2.24) is 10.2 Å². The fraction of sp³-hybridized carbons (Fsp3) is 0.286. The Bertz CT molecular complexity index is 1110. The van der Waals surface area contributed by atoms with Gasteiger partial charge in [-0.2, -0.15) is 0 Å². The standard InChI is InChI=1S/C28H29N3O4/c32-26(29-27(21-9-3-1-4-10-21)22-11-5-2-6-12-22)20-31-19-25(28(33)30-15-17-34-18-16-30)35-24-14-8-7-13-23(24)31/h1-14,25,27H,15-20H2,(H,29,32). The van der Waals surface area contributed by atoms with E-state index < -0.39 is 6.10 Å². The first-order valence-corrected chi connectivity index (χ1v) is 12.0. The minimum Gasteiger partial charge on any atom is -0.477 e. The van der Waals surface area contributed by atoms with Crippen LogP contribution in [0.2, 0.25) is 0 Å². The summed E-state index contributed by atoms with van der Waals surface area (Å²) < 4.78 is 11.5. The number of rotatable bonds is 6. The highest BCUT2D eigenvalue weighted by molar-refractivity contribution is 5.86. The second kappa shape index (κ2) is 10.6. The number of hydrogen-bond acceptors (Lipinski definition) is 5. The molecule has 2 heterocycles. The molecule has 0 aliphatic carbocycles. The van der Waals surface area contributed by atoms with Crippen LogP contribution in [-0.4, -0.2) is 62.2 Å². The van der Waals surface area contributed by atoms with Crippen LogP contribution in [0.4, 0.5) is 5.69 Å². The Kier molecular flexibility index (Phi) is 6.95. The molecule has 3 aromatic carbocycles. The molecule has 1 atom stereocenters. The summed E-state index contributed by atoms with van der Waals surface area (Å²) in [5.74, 6) is 0.414. The molecule has 7 heteroatoms. The lowest BCUT2D eigenvalue weighted by Gasteiger charge is -2.38. The number of nitrogens with zero attached hydrogens (tertiary/aromatic N) is 2. The molecule has 5 rings (SSSR count). The molecule has 2 aliphatic heterocycles. The van der Waals surface area contributed by atoms with Crippen LogP contribution >= 0.6 is 0 Å². The molecule has 0 radical (unpaired) electrons. The third-order valence-corrected chi connectivity index (χ3v) is 6.37. The molecule has 0 aromatic heterocycles. The number of nitrogens with one attached hydrogen (secondary N) is 1. The summed E-state index contributed by atoms with van der Waals surface area (Å²) in [5.41, 5.74) is 2.83. The molecule has 3 aromatic rings. The fourth-order valence-electron chi connectivity index (χ4n) is 4.60. The first-order valence-electron chi connectivity index (χ1n) is 12.0. The summed E-state index contributed by atoms with van der Waals surface area (Å²) in [7, 11) is 0. The number of fused-ring (bicyclic) bond motifs is 1. The molecule has 180 valence electrons. The summed E-state index contributed by atoms with van der Waals surface area (Å²) in [6.07, 6.45) is -0.671. The van der Waals surface area contributed by atoms with Gasteiger partial charge in [0.25, 0.3) is 5.91 Å². The van der Waals surface area contributed by atoms with Crippen molar-refractivity contribution in [1.29, 1.82) is 0 Å². The quantitative estimate of drug-likeness (QED) is 0.599. The lowest BCUT2D eigenvalue weighted by molar-refractivity contribution is -0.142. The average molecular weight is 472 g/mol. The Balaban J connectivity index is 1.34. The molecule has 1 saturated heterocycles. The number of carbonyl (C=O) groups excluding carboxylic acids is 2. The predicted molar refractivity (Wildman–Crippen MR) is 133 cm³/mol. The Morgan fingerprint density at radius 1 is 0.857 bits per heavy atom. The Morgan fingerprint density at radius 2 is 1.46 bits per heavy atom. The Labute approximate surface area is 205 Å². The van der Waals surface area contributed by atoms with Gasteiger partial charge in [-0.1, -0.05) is 72.8 Å². The van der Waals surface area contributed by atoms with Gasteiger partial charge in [-0.3, -0.25) is 9.59 Å². The second-order valence-corrected chi connectivity index (χ2v) is 8.71. The molecule has 1 unspecified atom stereocenters. The van der Waals surface area contributed by atoms with Crippen LogP contribution < -0.4 is 15.0 Å². The first kappa shape index (κ1) is 22.9. The number of hydrogen-bond donors (Lipinski definition) is 1. The molecule has 1 fully saturated rings. The topological polar surface area (TPSA) is 71.1 Å². The number of benzene rings is 3. The number of anilines is 1. The van der Waals surface area contributed by atoms with Crippen LogP contribution in [0.15, 0.2) is 84.9 Å². The SMILES string of the molecule is O=C(CN1CC(C(=O)N2CCOCC2)Oc2ccccc21)NC(c1ccccc1)c1ccccc1. The summed E-state index contributed by atoms with van der Waals surface area (Å²) in [5, 5.41) is 3.20. The van der Waals surface area contributed by atoms with E-state index in [0.29, 0.717) is 38.6 Å². The monoisotopic (exact) mass is 471 g/mol. The van der Waals surface area contributed by atoms with Crippen molar-refractivity contribution in [3.8, 4) is 5.75 Å². The largest absolute Gasteiger partial charge is 0.477 e. The normalized spacial score (nSPS) is 17.5. The Hall–Kier alpha value is -3.84. The van der Waals surface area contributed by atoms with Crippen LogP contribution in [0.5, 0.6) is 5.75 Å². The predicted octanol–water partition coefficient (Wildman–Crippen LogP) is 3.02. The van der Waals surface area contributed by atoms with Gasteiger partial charge >= 0.3 is 0 Å². The zero-order chi connectivity index (χ0) is 24.0. The zero-order valence-corrected chi connectivity index (χ0v) is 19.5. The van der Waals surface area contributed by atoms with Crippen LogP contribution in [-0.2, 0) is 14.3 Å². The third-order valence-electron chi connectivity index (χ3n) is 6.37. The molecule has 0 saturated carbocycles. The number of ether oxygens (including phenoxy) is 2. The van der Waals surface area contributed by atoms with Crippen LogP contribution in [0.3, 0.4) is 0 Å². The Morgan fingerprint density at radius 3 is 2.11 bits per heavy atom. The minimum atomic E-state index is -0.671. The molecule has 7 nitrogen and oxygen atoms in total. The number of amides is 2. The molecular weight excluding hydrogens is 442 g/mol. The lowest BCUT2D eigenvalue weighted by Crippen LogP contribution is -2.54. The van der Waals surface area contributed by atoms with Gasteiger partial charge in [0.15, 0.2) is 6.10 Å². The van der Waals surface area contributed by atoms with Crippen LogP contribution in [0, 0.1) is 0 Å².